The third kappa shape index (κ3) is 3.54. The average Bonchev–Trinajstić information content (AvgIpc) is 2.64. The highest BCUT2D eigenvalue weighted by molar-refractivity contribution is 9.10. The molecule has 2 aromatic rings. The fourth-order valence-electron chi connectivity index (χ4n) is 1.41. The summed E-state index contributed by atoms with van der Waals surface area (Å²) in [6.07, 6.45) is 0. The first-order valence-electron chi connectivity index (χ1n) is 5.44. The van der Waals surface area contributed by atoms with Crippen molar-refractivity contribution in [3.05, 3.63) is 34.1 Å². The van der Waals surface area contributed by atoms with E-state index in [1.54, 1.807) is 11.3 Å². The lowest BCUT2D eigenvalue weighted by molar-refractivity contribution is 0.633. The van der Waals surface area contributed by atoms with Gasteiger partial charge >= 0.3 is 0 Å². The molecule has 2 rings (SSSR count). The molecule has 1 aromatic carbocycles. The summed E-state index contributed by atoms with van der Waals surface area (Å²) in [4.78, 5) is 4.59. The zero-order chi connectivity index (χ0) is 12.5. The topological polar surface area (TPSA) is 24.9 Å². The molecule has 90 valence electrons. The van der Waals surface area contributed by atoms with E-state index in [4.69, 9.17) is 0 Å². The molecule has 0 radical (unpaired) electrons. The van der Waals surface area contributed by atoms with Gasteiger partial charge in [0, 0.05) is 21.0 Å². The van der Waals surface area contributed by atoms with Crippen molar-refractivity contribution in [2.45, 2.75) is 26.3 Å². The number of benzene rings is 1. The number of anilines is 1. The Morgan fingerprint density at radius 2 is 1.82 bits per heavy atom. The monoisotopic (exact) mass is 310 g/mol. The highest BCUT2D eigenvalue weighted by atomic mass is 79.9. The van der Waals surface area contributed by atoms with E-state index >= 15 is 0 Å². The maximum absolute atomic E-state index is 4.59. The molecule has 17 heavy (non-hydrogen) atoms. The third-order valence-corrected chi connectivity index (χ3v) is 3.41. The van der Waals surface area contributed by atoms with Crippen molar-refractivity contribution >= 4 is 32.4 Å². The van der Waals surface area contributed by atoms with Crippen LogP contribution in [0.15, 0.2) is 34.1 Å². The predicted molar refractivity (Wildman–Crippen MR) is 78.6 cm³/mol. The van der Waals surface area contributed by atoms with E-state index in [0.29, 0.717) is 0 Å². The van der Waals surface area contributed by atoms with E-state index < -0.39 is 0 Å². The van der Waals surface area contributed by atoms with Gasteiger partial charge < -0.3 is 5.32 Å². The first-order chi connectivity index (χ1) is 7.94. The maximum atomic E-state index is 4.59. The minimum Gasteiger partial charge on any atom is -0.357 e. The number of halogens is 1. The van der Waals surface area contributed by atoms with E-state index in [2.05, 4.69) is 64.5 Å². The van der Waals surface area contributed by atoms with Crippen LogP contribution in [0.4, 0.5) is 5.13 Å². The van der Waals surface area contributed by atoms with Gasteiger partial charge in [0.05, 0.1) is 5.69 Å². The minimum atomic E-state index is 0.0504. The second-order valence-electron chi connectivity index (χ2n) is 4.92. The number of nitrogens with one attached hydrogen (secondary N) is 1. The number of hydrogen-bond donors (Lipinski definition) is 1. The lowest BCUT2D eigenvalue weighted by Crippen LogP contribution is -2.25. The van der Waals surface area contributed by atoms with Gasteiger partial charge in [-0.05, 0) is 32.9 Å². The second kappa shape index (κ2) is 4.78. The van der Waals surface area contributed by atoms with Crippen LogP contribution >= 0.6 is 27.3 Å². The molecule has 0 spiro atoms. The molecule has 0 saturated heterocycles. The first-order valence-corrected chi connectivity index (χ1v) is 7.11. The summed E-state index contributed by atoms with van der Waals surface area (Å²) in [6.45, 7) is 6.40. The van der Waals surface area contributed by atoms with Crippen LogP contribution in [0, 0.1) is 0 Å². The fourth-order valence-corrected chi connectivity index (χ4v) is 2.60. The van der Waals surface area contributed by atoms with Crippen LogP contribution < -0.4 is 5.32 Å². The molecular formula is C13H15BrN2S. The van der Waals surface area contributed by atoms with Crippen molar-refractivity contribution < 1.29 is 0 Å². The van der Waals surface area contributed by atoms with Crippen LogP contribution in [-0.4, -0.2) is 10.5 Å². The smallest absolute Gasteiger partial charge is 0.183 e. The Bertz CT molecular complexity index is 497. The van der Waals surface area contributed by atoms with Crippen molar-refractivity contribution in [3.8, 4) is 11.3 Å². The average molecular weight is 311 g/mol. The van der Waals surface area contributed by atoms with E-state index in [1.807, 2.05) is 12.1 Å². The fraction of sp³-hybridized carbons (Fsp3) is 0.308. The molecular weight excluding hydrogens is 296 g/mol. The summed E-state index contributed by atoms with van der Waals surface area (Å²) in [7, 11) is 0. The molecule has 0 saturated carbocycles. The zero-order valence-corrected chi connectivity index (χ0v) is 12.5. The highest BCUT2D eigenvalue weighted by Gasteiger charge is 2.12. The number of nitrogens with zero attached hydrogens (tertiary/aromatic N) is 1. The van der Waals surface area contributed by atoms with Crippen molar-refractivity contribution in [1.29, 1.82) is 0 Å². The standard InChI is InChI=1S/C13H15BrN2S/c1-13(2,3)16-12-15-11(8-17-12)9-4-6-10(14)7-5-9/h4-8H,1-3H3,(H,15,16). The summed E-state index contributed by atoms with van der Waals surface area (Å²) in [5, 5.41) is 6.43. The molecule has 0 amide bonds. The second-order valence-corrected chi connectivity index (χ2v) is 6.69. The van der Waals surface area contributed by atoms with Crippen molar-refractivity contribution in [3.63, 3.8) is 0 Å². The van der Waals surface area contributed by atoms with Crippen LogP contribution in [0.2, 0.25) is 0 Å². The molecule has 2 nitrogen and oxygen atoms in total. The van der Waals surface area contributed by atoms with Gasteiger partial charge in [-0.2, -0.15) is 0 Å². The van der Waals surface area contributed by atoms with Gasteiger partial charge in [0.1, 0.15) is 0 Å². The number of hydrogen-bond acceptors (Lipinski definition) is 3. The van der Waals surface area contributed by atoms with E-state index in [9.17, 15) is 0 Å². The molecule has 0 aliphatic carbocycles. The molecule has 1 N–H and O–H groups in total. The van der Waals surface area contributed by atoms with Gasteiger partial charge in [0.2, 0.25) is 0 Å². The van der Waals surface area contributed by atoms with Gasteiger partial charge in [-0.15, -0.1) is 11.3 Å². The Balaban J connectivity index is 2.21. The molecule has 0 bridgehead atoms. The summed E-state index contributed by atoms with van der Waals surface area (Å²) in [6, 6.07) is 8.21. The number of rotatable bonds is 2. The van der Waals surface area contributed by atoms with Gasteiger partial charge in [0.15, 0.2) is 5.13 Å². The Morgan fingerprint density at radius 3 is 2.41 bits per heavy atom. The van der Waals surface area contributed by atoms with Crippen molar-refractivity contribution in [2.75, 3.05) is 5.32 Å². The maximum Gasteiger partial charge on any atom is 0.183 e. The Hall–Kier alpha value is -0.870. The minimum absolute atomic E-state index is 0.0504. The molecule has 0 unspecified atom stereocenters. The molecule has 1 heterocycles. The molecule has 0 fully saturated rings. The van der Waals surface area contributed by atoms with Crippen LogP contribution in [-0.2, 0) is 0 Å². The van der Waals surface area contributed by atoms with Crippen LogP contribution in [0.25, 0.3) is 11.3 Å². The summed E-state index contributed by atoms with van der Waals surface area (Å²) in [5.41, 5.74) is 2.22. The van der Waals surface area contributed by atoms with Crippen molar-refractivity contribution in [2.24, 2.45) is 0 Å². The van der Waals surface area contributed by atoms with Crippen molar-refractivity contribution in [1.82, 2.24) is 4.98 Å². The molecule has 0 atom stereocenters. The SMILES string of the molecule is CC(C)(C)Nc1nc(-c2ccc(Br)cc2)cs1. The van der Waals surface area contributed by atoms with Crippen LogP contribution in [0.3, 0.4) is 0 Å². The largest absolute Gasteiger partial charge is 0.357 e. The van der Waals surface area contributed by atoms with E-state index in [0.717, 1.165) is 20.9 Å². The Morgan fingerprint density at radius 1 is 1.18 bits per heavy atom. The van der Waals surface area contributed by atoms with Gasteiger partial charge in [0.25, 0.3) is 0 Å². The number of aromatic nitrogens is 1. The summed E-state index contributed by atoms with van der Waals surface area (Å²) in [5.74, 6) is 0. The lowest BCUT2D eigenvalue weighted by atomic mass is 10.1. The quantitative estimate of drug-likeness (QED) is 0.863. The van der Waals surface area contributed by atoms with Crippen LogP contribution in [0.5, 0.6) is 0 Å². The van der Waals surface area contributed by atoms with E-state index in [-0.39, 0.29) is 5.54 Å². The molecule has 4 heteroatoms. The lowest BCUT2D eigenvalue weighted by Gasteiger charge is -2.19. The summed E-state index contributed by atoms with van der Waals surface area (Å²) < 4.78 is 1.09. The zero-order valence-electron chi connectivity index (χ0n) is 10.1. The molecule has 1 aromatic heterocycles. The van der Waals surface area contributed by atoms with Crippen LogP contribution in [0.1, 0.15) is 20.8 Å². The van der Waals surface area contributed by atoms with Gasteiger partial charge in [-0.1, -0.05) is 28.1 Å². The Kier molecular flexibility index (Phi) is 3.54. The molecule has 0 aliphatic heterocycles. The highest BCUT2D eigenvalue weighted by Crippen LogP contribution is 2.27. The first kappa shape index (κ1) is 12.6. The third-order valence-electron chi connectivity index (χ3n) is 2.13. The summed E-state index contributed by atoms with van der Waals surface area (Å²) >= 11 is 5.07. The number of thiazole rings is 1. The van der Waals surface area contributed by atoms with E-state index in [1.165, 1.54) is 0 Å². The predicted octanol–water partition coefficient (Wildman–Crippen LogP) is 4.78. The normalized spacial score (nSPS) is 11.5. The Labute approximate surface area is 114 Å². The van der Waals surface area contributed by atoms with Gasteiger partial charge in [-0.3, -0.25) is 0 Å². The van der Waals surface area contributed by atoms with Gasteiger partial charge in [-0.25, -0.2) is 4.98 Å². The molecule has 0 aliphatic rings.